The molecule has 1 radical (unpaired) electrons. The molecule has 0 aromatic heterocycles. The Kier molecular flexibility index (Phi) is 10.3. The molecule has 0 unspecified atom stereocenters. The third kappa shape index (κ3) is 10.8. The van der Waals surface area contributed by atoms with E-state index in [1.54, 1.807) is 0 Å². The zero-order valence-electron chi connectivity index (χ0n) is 3.77. The number of ether oxygens (including phenoxy) is 1. The molecule has 0 rings (SSSR count). The molecule has 7 heavy (non-hydrogen) atoms. The van der Waals surface area contributed by atoms with Gasteiger partial charge in [-0.05, 0) is 19.1 Å². The molecular weight excluding hydrogens is 180 g/mol. The van der Waals surface area contributed by atoms with Crippen molar-refractivity contribution >= 4 is 29.2 Å². The summed E-state index contributed by atoms with van der Waals surface area (Å²) in [6, 6.07) is 0. The smallest absolute Gasteiger partial charge is 0.479 e. The average molecular weight is 186 g/mol. The Morgan fingerprint density at radius 1 is 1.86 bits per heavy atom. The van der Waals surface area contributed by atoms with Gasteiger partial charge in [-0.2, -0.15) is 0 Å². The second-order valence-corrected chi connectivity index (χ2v) is 1.78. The first-order valence-electron chi connectivity index (χ1n) is 1.63. The maximum atomic E-state index is 4.64. The van der Waals surface area contributed by atoms with Gasteiger partial charge in [0.05, 0.1) is 6.61 Å². The summed E-state index contributed by atoms with van der Waals surface area (Å²) in [7, 11) is 0. The Bertz CT molecular complexity index is 56.9. The molecule has 0 bridgehead atoms. The Morgan fingerprint density at radius 2 is 2.29 bits per heavy atom. The van der Waals surface area contributed by atoms with E-state index < -0.39 is 0 Å². The zero-order valence-corrected chi connectivity index (χ0v) is 6.42. The van der Waals surface area contributed by atoms with Gasteiger partial charge in [0.2, 0.25) is 4.38 Å². The molecule has 0 fully saturated rings. The molecule has 0 aliphatic rings. The average Bonchev–Trinajstić information content (AvgIpc) is 1.35. The molecule has 0 atom stereocenters. The van der Waals surface area contributed by atoms with Crippen LogP contribution in [0.3, 0.4) is 0 Å². The molecule has 0 aliphatic heterocycles. The monoisotopic (exact) mass is 185 g/mol. The van der Waals surface area contributed by atoms with Crippen LogP contribution in [0.4, 0.5) is 0 Å². The third-order valence-corrected chi connectivity index (χ3v) is 0.515. The van der Waals surface area contributed by atoms with Crippen molar-refractivity contribution in [2.75, 3.05) is 6.61 Å². The van der Waals surface area contributed by atoms with E-state index in [1.165, 1.54) is 0 Å². The Morgan fingerprint density at radius 3 is 2.29 bits per heavy atom. The first-order chi connectivity index (χ1) is 2.77. The predicted octanol–water partition coefficient (Wildman–Crippen LogP) is 1.24. The second kappa shape index (κ2) is 6.76. The molecule has 0 spiro atoms. The zero-order chi connectivity index (χ0) is 4.99. The molecule has 0 saturated heterocycles. The molecule has 0 aromatic rings. The van der Waals surface area contributed by atoms with Crippen molar-refractivity contribution in [2.45, 2.75) is 6.92 Å². The van der Waals surface area contributed by atoms with Crippen LogP contribution in [-0.4, -0.2) is 11.0 Å². The van der Waals surface area contributed by atoms with Gasteiger partial charge in [0.15, 0.2) is 0 Å². The van der Waals surface area contributed by atoms with Gasteiger partial charge in [0.1, 0.15) is 0 Å². The van der Waals surface area contributed by atoms with Crippen molar-refractivity contribution in [3.63, 3.8) is 0 Å². The van der Waals surface area contributed by atoms with Crippen LogP contribution in [0.2, 0.25) is 0 Å². The molecule has 0 aliphatic carbocycles. The minimum absolute atomic E-state index is 0. The molecule has 0 aromatic carbocycles. The number of hydrogen-bond donors (Lipinski definition) is 1. The van der Waals surface area contributed by atoms with Crippen molar-refractivity contribution in [1.82, 2.24) is 0 Å². The number of thiocarbonyl (C=S) groups is 1. The maximum Gasteiger partial charge on any atom is 2.00 e. The largest absolute Gasteiger partial charge is 2.00 e. The molecule has 45 valence electrons. The fraction of sp³-hybridized carbons (Fsp3) is 0.667. The first kappa shape index (κ1) is 10.7. The summed E-state index contributed by atoms with van der Waals surface area (Å²) in [5.74, 6) is 0. The minimum atomic E-state index is 0. The van der Waals surface area contributed by atoms with Crippen LogP contribution in [0.5, 0.6) is 0 Å². The molecule has 1 nitrogen and oxygen atoms in total. The van der Waals surface area contributed by atoms with Crippen LogP contribution in [0.1, 0.15) is 6.92 Å². The summed E-state index contributed by atoms with van der Waals surface area (Å²) >= 11 is 8.12. The number of thiol groups is 1. The van der Waals surface area contributed by atoms with Gasteiger partial charge >= 0.3 is 17.1 Å². The van der Waals surface area contributed by atoms with Gasteiger partial charge in [0.25, 0.3) is 0 Å². The van der Waals surface area contributed by atoms with E-state index in [0.29, 0.717) is 11.0 Å². The van der Waals surface area contributed by atoms with E-state index in [4.69, 9.17) is 0 Å². The predicted molar refractivity (Wildman–Crippen MR) is 33.2 cm³/mol. The molecular formula is C3H6CuOS2+2. The molecule has 0 saturated carbocycles. The third-order valence-electron chi connectivity index (χ3n) is 0.268. The topological polar surface area (TPSA) is 9.23 Å². The van der Waals surface area contributed by atoms with E-state index >= 15 is 0 Å². The molecule has 0 N–H and O–H groups in total. The summed E-state index contributed by atoms with van der Waals surface area (Å²) in [5, 5.41) is 0. The molecule has 4 heteroatoms. The van der Waals surface area contributed by atoms with Crippen LogP contribution in [0, 0.1) is 0 Å². The van der Waals surface area contributed by atoms with Crippen LogP contribution in [0.25, 0.3) is 0 Å². The van der Waals surface area contributed by atoms with Gasteiger partial charge in [-0.25, -0.2) is 0 Å². The van der Waals surface area contributed by atoms with E-state index in [2.05, 4.69) is 29.6 Å². The maximum absolute atomic E-state index is 4.64. The van der Waals surface area contributed by atoms with E-state index in [-0.39, 0.29) is 17.1 Å². The van der Waals surface area contributed by atoms with E-state index in [9.17, 15) is 0 Å². The van der Waals surface area contributed by atoms with E-state index in [0.717, 1.165) is 0 Å². The fourth-order valence-corrected chi connectivity index (χ4v) is 0.370. The Hall–Kier alpha value is 0.759. The summed E-state index contributed by atoms with van der Waals surface area (Å²) in [6.45, 7) is 2.48. The van der Waals surface area contributed by atoms with Crippen molar-refractivity contribution in [1.29, 1.82) is 0 Å². The summed E-state index contributed by atoms with van der Waals surface area (Å²) in [4.78, 5) is 0. The van der Waals surface area contributed by atoms with Crippen LogP contribution >= 0.6 is 24.8 Å². The standard InChI is InChI=1S/C3H6OS2.Cu/c1-2-4-3(5)6;/h2H2,1H3,(H,5,6);/q;+2. The molecule has 0 amide bonds. The second-order valence-electron chi connectivity index (χ2n) is 0.699. The van der Waals surface area contributed by atoms with Crippen LogP contribution in [0.15, 0.2) is 0 Å². The molecule has 0 heterocycles. The Balaban J connectivity index is 0. The summed E-state index contributed by atoms with van der Waals surface area (Å²) in [6.07, 6.45) is 0. The number of rotatable bonds is 1. The quantitative estimate of drug-likeness (QED) is 0.374. The fourth-order valence-electron chi connectivity index (χ4n) is 0.123. The normalized spacial score (nSPS) is 6.57. The van der Waals surface area contributed by atoms with Gasteiger partial charge in [-0.3, -0.25) is 0 Å². The van der Waals surface area contributed by atoms with Crippen molar-refractivity contribution in [3.05, 3.63) is 0 Å². The SMILES string of the molecule is CCOC(=S)S.[Cu+2]. The van der Waals surface area contributed by atoms with Gasteiger partial charge in [0, 0.05) is 0 Å². The summed E-state index contributed by atoms with van der Waals surface area (Å²) < 4.78 is 4.95. The Labute approximate surface area is 64.7 Å². The number of hydrogen-bond acceptors (Lipinski definition) is 2. The first-order valence-corrected chi connectivity index (χ1v) is 2.48. The van der Waals surface area contributed by atoms with Crippen molar-refractivity contribution in [2.24, 2.45) is 0 Å². The van der Waals surface area contributed by atoms with Gasteiger partial charge in [-0.15, -0.1) is 0 Å². The van der Waals surface area contributed by atoms with Crippen LogP contribution < -0.4 is 0 Å². The van der Waals surface area contributed by atoms with Crippen LogP contribution in [-0.2, 0) is 21.8 Å². The van der Waals surface area contributed by atoms with Gasteiger partial charge in [-0.1, -0.05) is 12.6 Å². The van der Waals surface area contributed by atoms with Crippen molar-refractivity contribution < 1.29 is 21.8 Å². The van der Waals surface area contributed by atoms with Crippen molar-refractivity contribution in [3.8, 4) is 0 Å². The van der Waals surface area contributed by atoms with Gasteiger partial charge < -0.3 is 4.74 Å². The minimum Gasteiger partial charge on any atom is -0.479 e. The van der Waals surface area contributed by atoms with E-state index in [1.807, 2.05) is 6.92 Å². The summed E-state index contributed by atoms with van der Waals surface area (Å²) in [5.41, 5.74) is 0.